The minimum absolute atomic E-state index is 0. The molecular weight excluding hydrogens is 847 g/mol. The molecule has 9 heteroatoms. The summed E-state index contributed by atoms with van der Waals surface area (Å²) in [6.07, 6.45) is 0.439. The van der Waals surface area contributed by atoms with Crippen LogP contribution in [0.1, 0.15) is 34.8 Å². The predicted octanol–water partition coefficient (Wildman–Crippen LogP) is 12.5. The highest BCUT2D eigenvalue weighted by Gasteiger charge is 2.06. The van der Waals surface area contributed by atoms with Gasteiger partial charge in [-0.2, -0.15) is 0 Å². The van der Waals surface area contributed by atoms with Crippen molar-refractivity contribution in [2.45, 2.75) is 39.1 Å². The van der Waals surface area contributed by atoms with E-state index in [4.69, 9.17) is 21.7 Å². The molecule has 0 aliphatic carbocycles. The predicted molar refractivity (Wildman–Crippen MR) is 267 cm³/mol. The summed E-state index contributed by atoms with van der Waals surface area (Å²) < 4.78 is 27.0. The van der Waals surface area contributed by atoms with Gasteiger partial charge in [0.25, 0.3) is 0 Å². The summed E-state index contributed by atoms with van der Waals surface area (Å²) in [6.45, 7) is 2.14. The molecule has 66 heavy (non-hydrogen) atoms. The Morgan fingerprint density at radius 3 is 1.29 bits per heavy atom. The maximum Gasteiger partial charge on any atom is 0.307 e. The molecule has 0 bridgehead atoms. The molecule has 0 aliphatic rings. The molecule has 338 valence electrons. The number of hydrogen-bond donors (Lipinski definition) is 3. The van der Waals surface area contributed by atoms with Crippen molar-refractivity contribution in [3.05, 3.63) is 252 Å². The third-order valence-corrected chi connectivity index (χ3v) is 9.86. The van der Waals surface area contributed by atoms with Crippen LogP contribution in [0.2, 0.25) is 0 Å². The van der Waals surface area contributed by atoms with Gasteiger partial charge in [0.05, 0.1) is 21.4 Å². The standard InChI is InChI=1S/C28H25NO2.C14H15NO.C14H12O2.CH3F.ClH/c30-28(19-22-14-16-26(17-15-22)25-11-5-2-6-12-25)29-20-24-10-7-13-27(18-24)31-21-23-8-3-1-4-9-23;15-10-13-7-4-8-14(9-13)16-11-12-5-2-1-3-6-12;15-14(16)10-11-6-8-13(9-7-11)12-4-2-1-3-5-12;1-2;/h1-18H,19-21H2,(H,29,30);1-9H,10-11,15H2;1-9H,10H2,(H,15,16);1H3;1H/i;;;1D;. The Labute approximate surface area is 395 Å². The normalized spacial score (nSPS) is 10.1. The number of benzene rings is 8. The van der Waals surface area contributed by atoms with Gasteiger partial charge in [-0.15, -0.1) is 12.4 Å². The zero-order valence-electron chi connectivity index (χ0n) is 37.7. The second kappa shape index (κ2) is 29.0. The number of carboxylic acids is 1. The number of rotatable bonds is 15. The molecule has 1 amide bonds. The van der Waals surface area contributed by atoms with E-state index >= 15 is 0 Å². The summed E-state index contributed by atoms with van der Waals surface area (Å²) in [6, 6.07) is 71.9. The summed E-state index contributed by atoms with van der Waals surface area (Å²) in [7, 11) is -1.00. The zero-order valence-corrected chi connectivity index (χ0v) is 37.5. The molecule has 0 radical (unpaired) electrons. The van der Waals surface area contributed by atoms with E-state index in [9.17, 15) is 14.0 Å². The first-order valence-electron chi connectivity index (χ1n) is 21.9. The molecule has 0 heterocycles. The van der Waals surface area contributed by atoms with E-state index in [2.05, 4.69) is 29.6 Å². The van der Waals surface area contributed by atoms with E-state index in [1.165, 1.54) is 11.1 Å². The average Bonchev–Trinajstić information content (AvgIpc) is 3.37. The molecule has 0 spiro atoms. The lowest BCUT2D eigenvalue weighted by molar-refractivity contribution is -0.136. The van der Waals surface area contributed by atoms with Crippen molar-refractivity contribution >= 4 is 24.3 Å². The van der Waals surface area contributed by atoms with Gasteiger partial charge in [0.1, 0.15) is 24.7 Å². The maximum atomic E-state index is 12.4. The first-order chi connectivity index (χ1) is 32.3. The number of nitrogens with one attached hydrogen (secondary N) is 1. The van der Waals surface area contributed by atoms with E-state index in [-0.39, 0.29) is 24.7 Å². The number of amides is 1. The highest BCUT2D eigenvalue weighted by molar-refractivity contribution is 5.85. The van der Waals surface area contributed by atoms with Gasteiger partial charge < -0.3 is 25.6 Å². The molecule has 8 rings (SSSR count). The smallest absolute Gasteiger partial charge is 0.307 e. The van der Waals surface area contributed by atoms with Crippen molar-refractivity contribution in [3.63, 3.8) is 0 Å². The molecule has 0 fully saturated rings. The van der Waals surface area contributed by atoms with Crippen molar-refractivity contribution in [2.75, 3.05) is 7.15 Å². The maximum absolute atomic E-state index is 12.4. The molecular formula is C57H56ClFN2O5. The number of carbonyl (C=O) groups is 2. The van der Waals surface area contributed by atoms with E-state index < -0.39 is 13.1 Å². The van der Waals surface area contributed by atoms with Gasteiger partial charge in [-0.05, 0) is 79.9 Å². The number of alkyl halides is 1. The highest BCUT2D eigenvalue weighted by Crippen LogP contribution is 2.21. The van der Waals surface area contributed by atoms with Crippen LogP contribution in [0.3, 0.4) is 0 Å². The zero-order chi connectivity index (χ0) is 46.6. The van der Waals surface area contributed by atoms with E-state index in [1.807, 2.05) is 194 Å². The second-order valence-electron chi connectivity index (χ2n) is 14.7. The number of hydrogen-bond acceptors (Lipinski definition) is 5. The summed E-state index contributed by atoms with van der Waals surface area (Å²) >= 11 is 0. The molecule has 8 aromatic carbocycles. The Kier molecular flexibility index (Phi) is 21.8. The fourth-order valence-electron chi connectivity index (χ4n) is 6.50. The van der Waals surface area contributed by atoms with Gasteiger partial charge >= 0.3 is 5.97 Å². The minimum Gasteiger partial charge on any atom is -0.489 e. The van der Waals surface area contributed by atoms with Gasteiger partial charge in [-0.25, -0.2) is 0 Å². The van der Waals surface area contributed by atoms with E-state index in [1.54, 1.807) is 0 Å². The van der Waals surface area contributed by atoms with Crippen LogP contribution in [0.4, 0.5) is 4.39 Å². The van der Waals surface area contributed by atoms with Crippen LogP contribution in [0.25, 0.3) is 22.3 Å². The molecule has 4 N–H and O–H groups in total. The Hall–Kier alpha value is -7.52. The Morgan fingerprint density at radius 1 is 0.500 bits per heavy atom. The Morgan fingerprint density at radius 2 is 0.864 bits per heavy atom. The van der Waals surface area contributed by atoms with Gasteiger partial charge in [0.2, 0.25) is 5.91 Å². The molecule has 7 nitrogen and oxygen atoms in total. The average molecular weight is 905 g/mol. The third-order valence-electron chi connectivity index (χ3n) is 9.86. The Bertz CT molecular complexity index is 2610. The minimum atomic E-state index is -1.00. The van der Waals surface area contributed by atoms with Crippen LogP contribution in [-0.4, -0.2) is 24.1 Å². The third kappa shape index (κ3) is 18.3. The van der Waals surface area contributed by atoms with Crippen LogP contribution in [0.15, 0.2) is 218 Å². The Balaban J connectivity index is 0.000000230. The number of carboxylic acid groups (broad SMARTS) is 1. The van der Waals surface area contributed by atoms with E-state index in [0.29, 0.717) is 32.7 Å². The second-order valence-corrected chi connectivity index (χ2v) is 14.7. The number of nitrogens with two attached hydrogens (primary N) is 1. The van der Waals surface area contributed by atoms with Gasteiger partial charge in [-0.1, -0.05) is 194 Å². The molecule has 8 aromatic rings. The monoisotopic (exact) mass is 903 g/mol. The topological polar surface area (TPSA) is 111 Å². The fourth-order valence-corrected chi connectivity index (χ4v) is 6.50. The first-order valence-corrected chi connectivity index (χ1v) is 21.2. The molecule has 0 atom stereocenters. The SMILES string of the molecule is Cl.NCc1cccc(OCc2ccccc2)c1.O=C(Cc1ccc(-c2ccccc2)cc1)NCc1cccc(OCc2ccccc2)c1.O=C(O)Cc1ccc(-c2ccccc2)cc1.[2H]CF. The molecule has 0 unspecified atom stereocenters. The lowest BCUT2D eigenvalue weighted by Gasteiger charge is -2.10. The highest BCUT2D eigenvalue weighted by atomic mass is 35.5. The molecule has 0 saturated heterocycles. The summed E-state index contributed by atoms with van der Waals surface area (Å²) in [5, 5.41) is 11.7. The number of aliphatic carboxylic acids is 1. The van der Waals surface area contributed by atoms with Crippen molar-refractivity contribution in [3.8, 4) is 33.8 Å². The molecule has 0 aliphatic heterocycles. The van der Waals surface area contributed by atoms with Crippen molar-refractivity contribution in [2.24, 2.45) is 5.73 Å². The number of halogens is 2. The van der Waals surface area contributed by atoms with Crippen LogP contribution in [0, 0.1) is 0 Å². The number of carbonyl (C=O) groups excluding carboxylic acids is 1. The van der Waals surface area contributed by atoms with Crippen LogP contribution >= 0.6 is 12.4 Å². The summed E-state index contributed by atoms with van der Waals surface area (Å²) in [4.78, 5) is 22.9. The quantitative estimate of drug-likeness (QED) is 0.0945. The van der Waals surface area contributed by atoms with E-state index in [0.717, 1.165) is 56.0 Å². The summed E-state index contributed by atoms with van der Waals surface area (Å²) in [5.74, 6) is 0.870. The number of ether oxygens (including phenoxy) is 2. The van der Waals surface area contributed by atoms with Crippen LogP contribution in [-0.2, 0) is 48.7 Å². The summed E-state index contributed by atoms with van der Waals surface area (Å²) in [5.41, 5.74) is 16.4. The lowest BCUT2D eigenvalue weighted by Crippen LogP contribution is -2.24. The van der Waals surface area contributed by atoms with Crippen molar-refractivity contribution in [1.29, 1.82) is 0 Å². The van der Waals surface area contributed by atoms with Gasteiger partial charge in [-0.3, -0.25) is 14.0 Å². The van der Waals surface area contributed by atoms with Crippen molar-refractivity contribution in [1.82, 2.24) is 5.32 Å². The van der Waals surface area contributed by atoms with Gasteiger partial charge in [0.15, 0.2) is 0 Å². The first kappa shape index (κ1) is 49.5. The fraction of sp³-hybridized carbons (Fsp3) is 0.123. The van der Waals surface area contributed by atoms with Crippen molar-refractivity contribution < 1.29 is 29.9 Å². The lowest BCUT2D eigenvalue weighted by atomic mass is 10.0. The van der Waals surface area contributed by atoms with Crippen LogP contribution < -0.4 is 20.5 Å². The van der Waals surface area contributed by atoms with Gasteiger partial charge in [0, 0.05) is 13.1 Å². The largest absolute Gasteiger partial charge is 0.489 e. The van der Waals surface area contributed by atoms with Crippen LogP contribution in [0.5, 0.6) is 11.5 Å². The molecule has 0 saturated carbocycles. The molecule has 0 aromatic heterocycles.